The molecule has 1 heterocycles. The molecule has 0 spiro atoms. The van der Waals surface area contributed by atoms with Gasteiger partial charge in [0.05, 0.1) is 17.1 Å². The molecule has 4 aromatic rings. The lowest BCUT2D eigenvalue weighted by molar-refractivity contribution is 0.0606. The zero-order valence-electron chi connectivity index (χ0n) is 20.0. The van der Waals surface area contributed by atoms with Crippen LogP contribution >= 0.6 is 0 Å². The van der Waals surface area contributed by atoms with E-state index in [1.54, 1.807) is 0 Å². The third kappa shape index (κ3) is 4.85. The van der Waals surface area contributed by atoms with Gasteiger partial charge in [0.15, 0.2) is 0 Å². The van der Waals surface area contributed by atoms with Crippen LogP contribution in [0.1, 0.15) is 60.5 Å². The molecular weight excluding hydrogens is 406 g/mol. The zero-order valence-corrected chi connectivity index (χ0v) is 20.0. The molecule has 170 valence electrons. The van der Waals surface area contributed by atoms with Crippen LogP contribution in [0.15, 0.2) is 78.9 Å². The number of benzene rings is 3. The largest absolute Gasteiger partial charge is 0.328 e. The molecule has 1 amide bonds. The summed E-state index contributed by atoms with van der Waals surface area (Å²) in [4.78, 5) is 20.9. The molecule has 33 heavy (non-hydrogen) atoms. The maximum atomic E-state index is 13.7. The van der Waals surface area contributed by atoms with Gasteiger partial charge in [0.25, 0.3) is 5.91 Å². The van der Waals surface area contributed by atoms with E-state index in [1.807, 2.05) is 48.2 Å². The SMILES string of the molecule is CCCN(C(=O)c1ccc(C)cc1)[C@@H](c1nc2ccccc2n1Cc1ccccc1)C(C)C. The lowest BCUT2D eigenvalue weighted by atomic mass is 9.99. The average molecular weight is 440 g/mol. The standard InChI is InChI=1S/C29H33N3O/c1-5-19-31(29(33)24-17-15-22(4)16-18-24)27(21(2)3)28-30-25-13-9-10-14-26(25)32(28)20-23-11-7-6-8-12-23/h6-18,21,27H,5,19-20H2,1-4H3/t27-/m1/s1. The summed E-state index contributed by atoms with van der Waals surface area (Å²) in [5.41, 5.74) is 5.16. The van der Waals surface area contributed by atoms with Crippen LogP contribution < -0.4 is 0 Å². The molecule has 0 radical (unpaired) electrons. The number of hydrogen-bond acceptors (Lipinski definition) is 2. The Morgan fingerprint density at radius 2 is 1.61 bits per heavy atom. The fourth-order valence-electron chi connectivity index (χ4n) is 4.52. The van der Waals surface area contributed by atoms with E-state index >= 15 is 0 Å². The molecule has 0 unspecified atom stereocenters. The van der Waals surface area contributed by atoms with Crippen LogP contribution in [-0.4, -0.2) is 26.9 Å². The molecule has 0 N–H and O–H groups in total. The van der Waals surface area contributed by atoms with E-state index in [0.717, 1.165) is 41.0 Å². The Morgan fingerprint density at radius 1 is 0.939 bits per heavy atom. The van der Waals surface area contributed by atoms with Crippen molar-refractivity contribution in [3.05, 3.63) is 101 Å². The van der Waals surface area contributed by atoms with Crippen LogP contribution in [0.25, 0.3) is 11.0 Å². The van der Waals surface area contributed by atoms with Gasteiger partial charge in [-0.25, -0.2) is 4.98 Å². The number of imidazole rings is 1. The van der Waals surface area contributed by atoms with E-state index in [4.69, 9.17) is 4.98 Å². The third-order valence-electron chi connectivity index (χ3n) is 6.12. The molecule has 0 fully saturated rings. The fourth-order valence-corrected chi connectivity index (χ4v) is 4.52. The lowest BCUT2D eigenvalue weighted by Crippen LogP contribution is -2.39. The minimum Gasteiger partial charge on any atom is -0.328 e. The molecular formula is C29H33N3O. The molecule has 3 aromatic carbocycles. The van der Waals surface area contributed by atoms with E-state index in [-0.39, 0.29) is 17.9 Å². The van der Waals surface area contributed by atoms with E-state index in [9.17, 15) is 4.79 Å². The predicted molar refractivity (Wildman–Crippen MR) is 135 cm³/mol. The summed E-state index contributed by atoms with van der Waals surface area (Å²) in [5, 5.41) is 0. The number of aryl methyl sites for hydroxylation is 1. The van der Waals surface area contributed by atoms with Gasteiger partial charge in [-0.3, -0.25) is 4.79 Å². The van der Waals surface area contributed by atoms with Gasteiger partial charge in [-0.2, -0.15) is 0 Å². The zero-order chi connectivity index (χ0) is 23.4. The number of carbonyl (C=O) groups is 1. The number of hydrogen-bond donors (Lipinski definition) is 0. The Bertz CT molecular complexity index is 1210. The van der Waals surface area contributed by atoms with Crippen molar-refractivity contribution in [1.29, 1.82) is 0 Å². The summed E-state index contributed by atoms with van der Waals surface area (Å²) < 4.78 is 2.29. The van der Waals surface area contributed by atoms with Gasteiger partial charge in [0, 0.05) is 18.7 Å². The van der Waals surface area contributed by atoms with Gasteiger partial charge in [0.2, 0.25) is 0 Å². The van der Waals surface area contributed by atoms with Crippen LogP contribution in [0.2, 0.25) is 0 Å². The van der Waals surface area contributed by atoms with Crippen molar-refractivity contribution < 1.29 is 4.79 Å². The third-order valence-corrected chi connectivity index (χ3v) is 6.12. The van der Waals surface area contributed by atoms with Crippen LogP contribution in [0, 0.1) is 12.8 Å². The van der Waals surface area contributed by atoms with E-state index in [1.165, 1.54) is 5.56 Å². The molecule has 0 saturated carbocycles. The average Bonchev–Trinajstić information content (AvgIpc) is 3.17. The quantitative estimate of drug-likeness (QED) is 0.308. The molecule has 0 saturated heterocycles. The number of rotatable bonds is 8. The van der Waals surface area contributed by atoms with Crippen molar-refractivity contribution >= 4 is 16.9 Å². The van der Waals surface area contributed by atoms with Crippen LogP contribution in [0.4, 0.5) is 0 Å². The number of amides is 1. The maximum absolute atomic E-state index is 13.7. The van der Waals surface area contributed by atoms with Crippen molar-refractivity contribution in [3.63, 3.8) is 0 Å². The molecule has 1 aromatic heterocycles. The Labute approximate surface area is 196 Å². The highest BCUT2D eigenvalue weighted by Gasteiger charge is 2.32. The number of carbonyl (C=O) groups excluding carboxylic acids is 1. The summed E-state index contributed by atoms with van der Waals surface area (Å²) >= 11 is 0. The van der Waals surface area contributed by atoms with Crippen molar-refractivity contribution in [2.24, 2.45) is 5.92 Å². The fraction of sp³-hybridized carbons (Fsp3) is 0.310. The van der Waals surface area contributed by atoms with Crippen molar-refractivity contribution in [2.45, 2.75) is 46.7 Å². The Morgan fingerprint density at radius 3 is 2.27 bits per heavy atom. The molecule has 0 aliphatic carbocycles. The second kappa shape index (κ2) is 10.0. The van der Waals surface area contributed by atoms with Crippen LogP contribution in [0.5, 0.6) is 0 Å². The maximum Gasteiger partial charge on any atom is 0.254 e. The lowest BCUT2D eigenvalue weighted by Gasteiger charge is -2.34. The summed E-state index contributed by atoms with van der Waals surface area (Å²) in [6.07, 6.45) is 0.889. The number of aromatic nitrogens is 2. The van der Waals surface area contributed by atoms with Gasteiger partial charge in [-0.05, 0) is 49.1 Å². The molecule has 1 atom stereocenters. The monoisotopic (exact) mass is 439 g/mol. The number of nitrogens with zero attached hydrogens (tertiary/aromatic N) is 3. The molecule has 0 aliphatic heterocycles. The van der Waals surface area contributed by atoms with Crippen LogP contribution in [0.3, 0.4) is 0 Å². The molecule has 4 nitrogen and oxygen atoms in total. The first-order valence-electron chi connectivity index (χ1n) is 11.9. The molecule has 0 aliphatic rings. The summed E-state index contributed by atoms with van der Waals surface area (Å²) in [6.45, 7) is 9.94. The van der Waals surface area contributed by atoms with Crippen molar-refractivity contribution in [3.8, 4) is 0 Å². The molecule has 4 rings (SSSR count). The van der Waals surface area contributed by atoms with Gasteiger partial charge in [-0.1, -0.05) is 80.9 Å². The van der Waals surface area contributed by atoms with Gasteiger partial charge in [0.1, 0.15) is 5.82 Å². The topological polar surface area (TPSA) is 38.1 Å². The second-order valence-electron chi connectivity index (χ2n) is 9.08. The Hall–Kier alpha value is -3.40. The summed E-state index contributed by atoms with van der Waals surface area (Å²) in [6, 6.07) is 26.5. The van der Waals surface area contributed by atoms with Crippen molar-refractivity contribution in [1.82, 2.24) is 14.5 Å². The van der Waals surface area contributed by atoms with Gasteiger partial charge >= 0.3 is 0 Å². The Kier molecular flexibility index (Phi) is 6.93. The molecule has 4 heteroatoms. The Balaban J connectivity index is 1.83. The summed E-state index contributed by atoms with van der Waals surface area (Å²) in [5.74, 6) is 1.22. The highest BCUT2D eigenvalue weighted by Crippen LogP contribution is 2.33. The first-order valence-corrected chi connectivity index (χ1v) is 11.9. The summed E-state index contributed by atoms with van der Waals surface area (Å²) in [7, 11) is 0. The highest BCUT2D eigenvalue weighted by molar-refractivity contribution is 5.94. The smallest absolute Gasteiger partial charge is 0.254 e. The number of fused-ring (bicyclic) bond motifs is 1. The van der Waals surface area contributed by atoms with Crippen LogP contribution in [-0.2, 0) is 6.54 Å². The minimum atomic E-state index is -0.130. The van der Waals surface area contributed by atoms with Gasteiger partial charge in [-0.15, -0.1) is 0 Å². The van der Waals surface area contributed by atoms with E-state index in [2.05, 4.69) is 67.8 Å². The second-order valence-corrected chi connectivity index (χ2v) is 9.08. The first kappa shape index (κ1) is 22.8. The van der Waals surface area contributed by atoms with E-state index < -0.39 is 0 Å². The molecule has 0 bridgehead atoms. The minimum absolute atomic E-state index is 0.0638. The van der Waals surface area contributed by atoms with Gasteiger partial charge < -0.3 is 9.47 Å². The normalized spacial score (nSPS) is 12.3. The first-order chi connectivity index (χ1) is 16.0. The highest BCUT2D eigenvalue weighted by atomic mass is 16.2. The predicted octanol–water partition coefficient (Wildman–Crippen LogP) is 6.64. The van der Waals surface area contributed by atoms with E-state index in [0.29, 0.717) is 6.54 Å². The number of para-hydroxylation sites is 2. The van der Waals surface area contributed by atoms with Crippen molar-refractivity contribution in [2.75, 3.05) is 6.54 Å².